The molecule has 1 saturated heterocycles. The summed E-state index contributed by atoms with van der Waals surface area (Å²) in [7, 11) is 0. The molecule has 1 amide bonds. The summed E-state index contributed by atoms with van der Waals surface area (Å²) >= 11 is 12.2. The maximum absolute atomic E-state index is 13.8. The summed E-state index contributed by atoms with van der Waals surface area (Å²) in [5.74, 6) is -2.55. The molecule has 0 aliphatic carbocycles. The smallest absolute Gasteiger partial charge is 0.300 e. The Kier molecular flexibility index (Phi) is 6.35. The topological polar surface area (TPSA) is 79.7 Å². The number of Topliss-reactive ketones (excluding diaryl/α,β-unsaturated/α-hetero) is 1. The Balaban J connectivity index is 1.95. The van der Waals surface area contributed by atoms with Crippen molar-refractivity contribution in [3.63, 3.8) is 0 Å². The lowest BCUT2D eigenvalue weighted by atomic mass is 9.96. The molecular formula is C24H17Cl2FN2O4. The molecule has 0 saturated carbocycles. The number of carbonyl (C=O) groups excluding carboxylic acids is 2. The first-order valence-corrected chi connectivity index (χ1v) is 10.7. The number of hydrogen-bond donors (Lipinski definition) is 1. The minimum atomic E-state index is -1.05. The second-order valence-corrected chi connectivity index (χ2v) is 7.94. The maximum atomic E-state index is 13.8. The van der Waals surface area contributed by atoms with Gasteiger partial charge in [0.2, 0.25) is 0 Å². The van der Waals surface area contributed by atoms with Crippen LogP contribution >= 0.6 is 23.2 Å². The number of amides is 1. The van der Waals surface area contributed by atoms with Gasteiger partial charge >= 0.3 is 0 Å². The predicted octanol–water partition coefficient (Wildman–Crippen LogP) is 5.55. The van der Waals surface area contributed by atoms with Crippen molar-refractivity contribution in [2.24, 2.45) is 0 Å². The zero-order valence-corrected chi connectivity index (χ0v) is 18.8. The Hall–Kier alpha value is -3.42. The number of nitrogens with zero attached hydrogens (tertiary/aromatic N) is 2. The molecule has 0 bridgehead atoms. The number of aliphatic hydroxyl groups is 1. The highest BCUT2D eigenvalue weighted by Gasteiger charge is 2.47. The second-order valence-electron chi connectivity index (χ2n) is 7.13. The van der Waals surface area contributed by atoms with Crippen LogP contribution in [0.15, 0.2) is 66.5 Å². The van der Waals surface area contributed by atoms with Gasteiger partial charge in [-0.15, -0.1) is 0 Å². The van der Waals surface area contributed by atoms with Crippen LogP contribution in [0.1, 0.15) is 24.1 Å². The summed E-state index contributed by atoms with van der Waals surface area (Å²) in [6, 6.07) is 10.6. The highest BCUT2D eigenvalue weighted by molar-refractivity contribution is 6.52. The van der Waals surface area contributed by atoms with E-state index in [2.05, 4.69) is 4.98 Å². The van der Waals surface area contributed by atoms with Crippen LogP contribution in [0.2, 0.25) is 10.0 Å². The summed E-state index contributed by atoms with van der Waals surface area (Å²) in [4.78, 5) is 31.5. The number of aliphatic hydroxyl groups excluding tert-OH is 1. The summed E-state index contributed by atoms with van der Waals surface area (Å²) in [6.07, 6.45) is 3.01. The van der Waals surface area contributed by atoms with Gasteiger partial charge in [0.15, 0.2) is 0 Å². The Morgan fingerprint density at radius 3 is 2.61 bits per heavy atom. The van der Waals surface area contributed by atoms with Crippen LogP contribution in [0, 0.1) is 5.82 Å². The van der Waals surface area contributed by atoms with Gasteiger partial charge in [-0.1, -0.05) is 29.3 Å². The number of ketones is 1. The van der Waals surface area contributed by atoms with E-state index in [1.807, 2.05) is 0 Å². The number of benzene rings is 2. The molecule has 168 valence electrons. The number of aromatic nitrogens is 1. The molecular weight excluding hydrogens is 470 g/mol. The number of carbonyl (C=O) groups is 2. The van der Waals surface area contributed by atoms with Crippen LogP contribution in [0.25, 0.3) is 5.76 Å². The van der Waals surface area contributed by atoms with Crippen LogP contribution in [0.5, 0.6) is 5.75 Å². The average Bonchev–Trinajstić information content (AvgIpc) is 3.08. The molecule has 1 unspecified atom stereocenters. The Labute approximate surface area is 198 Å². The van der Waals surface area contributed by atoms with Crippen LogP contribution in [-0.2, 0) is 9.59 Å². The number of anilines is 1. The predicted molar refractivity (Wildman–Crippen MR) is 123 cm³/mol. The van der Waals surface area contributed by atoms with Crippen LogP contribution in [0.3, 0.4) is 0 Å². The van der Waals surface area contributed by atoms with E-state index in [0.29, 0.717) is 17.9 Å². The normalized spacial score (nSPS) is 17.5. The van der Waals surface area contributed by atoms with E-state index >= 15 is 0 Å². The molecule has 0 spiro atoms. The van der Waals surface area contributed by atoms with Gasteiger partial charge in [0.05, 0.1) is 28.3 Å². The van der Waals surface area contributed by atoms with Crippen molar-refractivity contribution in [3.05, 3.63) is 93.5 Å². The zero-order chi connectivity index (χ0) is 23.7. The van der Waals surface area contributed by atoms with Crippen molar-refractivity contribution in [2.75, 3.05) is 11.5 Å². The van der Waals surface area contributed by atoms with Gasteiger partial charge in [-0.05, 0) is 55.0 Å². The standard InChI is InChI=1S/C24H17Cl2FN2O4/c1-2-33-15-6-7-17(25)16(11-15)22(30)20-21(13-4-3-9-28-12-13)29(24(32)23(20)31)14-5-8-19(27)18(26)10-14/h3-12,21,30H,2H2,1H3/b22-20+. The van der Waals surface area contributed by atoms with Gasteiger partial charge in [-0.25, -0.2) is 4.39 Å². The Morgan fingerprint density at radius 1 is 1.15 bits per heavy atom. The third-order valence-corrected chi connectivity index (χ3v) is 5.75. The fourth-order valence-corrected chi connectivity index (χ4v) is 4.06. The highest BCUT2D eigenvalue weighted by atomic mass is 35.5. The molecule has 4 rings (SSSR count). The van der Waals surface area contributed by atoms with E-state index in [4.69, 9.17) is 27.9 Å². The lowest BCUT2D eigenvalue weighted by Gasteiger charge is -2.25. The number of rotatable bonds is 5. The molecule has 2 heterocycles. The first-order chi connectivity index (χ1) is 15.8. The number of hydrogen-bond acceptors (Lipinski definition) is 5. The average molecular weight is 487 g/mol. The van der Waals surface area contributed by atoms with Crippen molar-refractivity contribution in [1.82, 2.24) is 4.98 Å². The summed E-state index contributed by atoms with van der Waals surface area (Å²) in [5.41, 5.74) is 0.581. The molecule has 1 aromatic heterocycles. The molecule has 6 nitrogen and oxygen atoms in total. The van der Waals surface area contributed by atoms with Gasteiger partial charge in [0, 0.05) is 23.6 Å². The van der Waals surface area contributed by atoms with Crippen molar-refractivity contribution in [1.29, 1.82) is 0 Å². The SMILES string of the molecule is CCOc1ccc(Cl)c(/C(O)=C2\C(=O)C(=O)N(c3ccc(F)c(Cl)c3)C2c2cccnc2)c1. The summed E-state index contributed by atoms with van der Waals surface area (Å²) < 4.78 is 19.2. The molecule has 1 fully saturated rings. The Morgan fingerprint density at radius 2 is 1.94 bits per heavy atom. The van der Waals surface area contributed by atoms with Crippen molar-refractivity contribution < 1.29 is 23.8 Å². The fraction of sp³-hybridized carbons (Fsp3) is 0.125. The van der Waals surface area contributed by atoms with Crippen LogP contribution in [-0.4, -0.2) is 28.4 Å². The molecule has 0 radical (unpaired) electrons. The van der Waals surface area contributed by atoms with E-state index in [1.165, 1.54) is 36.7 Å². The fourth-order valence-electron chi connectivity index (χ4n) is 3.67. The maximum Gasteiger partial charge on any atom is 0.300 e. The minimum Gasteiger partial charge on any atom is -0.507 e. The molecule has 1 N–H and O–H groups in total. The molecule has 1 aliphatic rings. The molecule has 1 atom stereocenters. The minimum absolute atomic E-state index is 0.131. The molecule has 3 aromatic rings. The number of ether oxygens (including phenoxy) is 1. The molecule has 33 heavy (non-hydrogen) atoms. The van der Waals surface area contributed by atoms with E-state index < -0.39 is 29.3 Å². The van der Waals surface area contributed by atoms with Crippen LogP contribution < -0.4 is 9.64 Å². The quantitative estimate of drug-likeness (QED) is 0.290. The molecule has 2 aromatic carbocycles. The van der Waals surface area contributed by atoms with Crippen molar-refractivity contribution in [2.45, 2.75) is 13.0 Å². The van der Waals surface area contributed by atoms with Gasteiger partial charge in [-0.2, -0.15) is 0 Å². The van der Waals surface area contributed by atoms with E-state index in [1.54, 1.807) is 25.1 Å². The summed E-state index contributed by atoms with van der Waals surface area (Å²) in [6.45, 7) is 2.18. The lowest BCUT2D eigenvalue weighted by Crippen LogP contribution is -2.29. The number of halogens is 3. The highest BCUT2D eigenvalue weighted by Crippen LogP contribution is 2.43. The molecule has 1 aliphatic heterocycles. The number of pyridine rings is 1. The monoisotopic (exact) mass is 486 g/mol. The van der Waals surface area contributed by atoms with Crippen LogP contribution in [0.4, 0.5) is 10.1 Å². The first-order valence-electron chi connectivity index (χ1n) is 9.92. The van der Waals surface area contributed by atoms with Gasteiger partial charge in [-0.3, -0.25) is 19.5 Å². The van der Waals surface area contributed by atoms with Gasteiger partial charge in [0.25, 0.3) is 11.7 Å². The first kappa shape index (κ1) is 22.8. The molecule has 9 heteroatoms. The second kappa shape index (κ2) is 9.21. The van der Waals surface area contributed by atoms with E-state index in [9.17, 15) is 19.1 Å². The third-order valence-electron chi connectivity index (χ3n) is 5.13. The van der Waals surface area contributed by atoms with E-state index in [0.717, 1.165) is 11.0 Å². The van der Waals surface area contributed by atoms with Gasteiger partial charge < -0.3 is 9.84 Å². The van der Waals surface area contributed by atoms with Gasteiger partial charge in [0.1, 0.15) is 17.3 Å². The zero-order valence-electron chi connectivity index (χ0n) is 17.3. The largest absolute Gasteiger partial charge is 0.507 e. The summed E-state index contributed by atoms with van der Waals surface area (Å²) in [5, 5.41) is 11.2. The van der Waals surface area contributed by atoms with Crippen molar-refractivity contribution >= 4 is 46.3 Å². The third kappa shape index (κ3) is 4.17. The lowest BCUT2D eigenvalue weighted by molar-refractivity contribution is -0.132. The van der Waals surface area contributed by atoms with Crippen molar-refractivity contribution in [3.8, 4) is 5.75 Å². The van der Waals surface area contributed by atoms with E-state index in [-0.39, 0.29) is 26.9 Å². The Bertz CT molecular complexity index is 1280.